The first-order valence-electron chi connectivity index (χ1n) is 10.4. The fraction of sp³-hybridized carbons (Fsp3) is 0.950. The van der Waals surface area contributed by atoms with E-state index in [2.05, 4.69) is 12.2 Å². The minimum Gasteiger partial charge on any atom is -0.444 e. The van der Waals surface area contributed by atoms with Crippen molar-refractivity contribution in [2.45, 2.75) is 39.7 Å². The molecule has 0 aromatic carbocycles. The van der Waals surface area contributed by atoms with Crippen molar-refractivity contribution in [2.75, 3.05) is 85.8 Å². The summed E-state index contributed by atoms with van der Waals surface area (Å²) >= 11 is 0. The molecule has 0 aliphatic carbocycles. The summed E-state index contributed by atoms with van der Waals surface area (Å²) in [5.41, 5.74) is -0.495. The molecule has 0 heterocycles. The number of hydrogen-bond donors (Lipinski definition) is 1. The SMILES string of the molecule is CCCOCCOCCOCCOCCOCCOCCNC(=O)OC(C)(C)C. The zero-order chi connectivity index (χ0) is 21.6. The molecule has 0 aromatic heterocycles. The molecule has 0 aliphatic heterocycles. The van der Waals surface area contributed by atoms with Gasteiger partial charge in [-0.25, -0.2) is 4.79 Å². The average molecular weight is 424 g/mol. The second-order valence-corrected chi connectivity index (χ2v) is 7.10. The molecular weight excluding hydrogens is 382 g/mol. The summed E-state index contributed by atoms with van der Waals surface area (Å²) in [6.45, 7) is 14.5. The van der Waals surface area contributed by atoms with Crippen molar-refractivity contribution in [1.82, 2.24) is 5.32 Å². The number of carbonyl (C=O) groups excluding carboxylic acids is 1. The highest BCUT2D eigenvalue weighted by Crippen LogP contribution is 2.05. The van der Waals surface area contributed by atoms with Crippen molar-refractivity contribution < 1.29 is 38.0 Å². The van der Waals surface area contributed by atoms with Crippen LogP contribution in [0.5, 0.6) is 0 Å². The van der Waals surface area contributed by atoms with Gasteiger partial charge in [-0.05, 0) is 27.2 Å². The highest BCUT2D eigenvalue weighted by atomic mass is 16.6. The predicted molar refractivity (Wildman–Crippen MR) is 109 cm³/mol. The van der Waals surface area contributed by atoms with Crippen LogP contribution in [0.2, 0.25) is 0 Å². The molecule has 0 rings (SSSR count). The molecule has 0 spiro atoms. The van der Waals surface area contributed by atoms with Crippen LogP contribution in [-0.2, 0) is 33.2 Å². The van der Waals surface area contributed by atoms with E-state index in [1.165, 1.54) is 0 Å². The van der Waals surface area contributed by atoms with Crippen LogP contribution in [0.1, 0.15) is 34.1 Å². The van der Waals surface area contributed by atoms with E-state index < -0.39 is 11.7 Å². The lowest BCUT2D eigenvalue weighted by Crippen LogP contribution is -2.34. The molecule has 1 amide bonds. The van der Waals surface area contributed by atoms with Gasteiger partial charge in [-0.1, -0.05) is 6.92 Å². The van der Waals surface area contributed by atoms with Gasteiger partial charge in [0.1, 0.15) is 5.60 Å². The number of carbonyl (C=O) groups is 1. The number of hydrogen-bond acceptors (Lipinski definition) is 8. The topological polar surface area (TPSA) is 93.7 Å². The molecular formula is C20H41NO8. The van der Waals surface area contributed by atoms with Gasteiger partial charge in [0, 0.05) is 13.2 Å². The summed E-state index contributed by atoms with van der Waals surface area (Å²) in [6, 6.07) is 0. The third kappa shape index (κ3) is 25.0. The Hall–Kier alpha value is -0.970. The molecule has 29 heavy (non-hydrogen) atoms. The molecule has 9 nitrogen and oxygen atoms in total. The first-order chi connectivity index (χ1) is 14.0. The van der Waals surface area contributed by atoms with Gasteiger partial charge in [0.05, 0.1) is 72.7 Å². The normalized spacial score (nSPS) is 11.6. The predicted octanol–water partition coefficient (Wildman–Crippen LogP) is 2.02. The van der Waals surface area contributed by atoms with Crippen LogP contribution < -0.4 is 5.32 Å². The Bertz CT molecular complexity index is 363. The monoisotopic (exact) mass is 423 g/mol. The van der Waals surface area contributed by atoms with Gasteiger partial charge in [-0.3, -0.25) is 0 Å². The van der Waals surface area contributed by atoms with Gasteiger partial charge in [0.25, 0.3) is 0 Å². The Kier molecular flexibility index (Phi) is 19.6. The van der Waals surface area contributed by atoms with Crippen LogP contribution in [0.4, 0.5) is 4.79 Å². The highest BCUT2D eigenvalue weighted by Gasteiger charge is 2.15. The second-order valence-electron chi connectivity index (χ2n) is 7.10. The molecule has 0 saturated heterocycles. The zero-order valence-electron chi connectivity index (χ0n) is 18.7. The van der Waals surface area contributed by atoms with Crippen molar-refractivity contribution in [1.29, 1.82) is 0 Å². The van der Waals surface area contributed by atoms with Crippen LogP contribution in [0.25, 0.3) is 0 Å². The van der Waals surface area contributed by atoms with E-state index >= 15 is 0 Å². The molecule has 0 saturated carbocycles. The minimum atomic E-state index is -0.495. The number of alkyl carbamates (subject to hydrolysis) is 1. The zero-order valence-corrected chi connectivity index (χ0v) is 18.7. The first-order valence-corrected chi connectivity index (χ1v) is 10.4. The van der Waals surface area contributed by atoms with Crippen LogP contribution in [0, 0.1) is 0 Å². The summed E-state index contributed by atoms with van der Waals surface area (Å²) in [7, 11) is 0. The molecule has 9 heteroatoms. The maximum atomic E-state index is 11.4. The molecule has 0 bridgehead atoms. The third-order valence-corrected chi connectivity index (χ3v) is 3.12. The van der Waals surface area contributed by atoms with Crippen LogP contribution in [-0.4, -0.2) is 97.5 Å². The second kappa shape index (κ2) is 20.3. The Morgan fingerprint density at radius 1 is 0.621 bits per heavy atom. The minimum absolute atomic E-state index is 0.399. The summed E-state index contributed by atoms with van der Waals surface area (Å²) in [6.07, 6.45) is 0.583. The van der Waals surface area contributed by atoms with Gasteiger partial charge in [-0.2, -0.15) is 0 Å². The Morgan fingerprint density at radius 3 is 1.31 bits per heavy atom. The summed E-state index contributed by atoms with van der Waals surface area (Å²) in [5.74, 6) is 0. The Balaban J connectivity index is 3.11. The molecule has 0 atom stereocenters. The first kappa shape index (κ1) is 28.0. The summed E-state index contributed by atoms with van der Waals surface area (Å²) in [4.78, 5) is 11.4. The van der Waals surface area contributed by atoms with E-state index in [0.717, 1.165) is 13.0 Å². The van der Waals surface area contributed by atoms with Crippen molar-refractivity contribution in [2.24, 2.45) is 0 Å². The van der Waals surface area contributed by atoms with Crippen LogP contribution >= 0.6 is 0 Å². The summed E-state index contributed by atoms with van der Waals surface area (Å²) in [5, 5.41) is 2.62. The van der Waals surface area contributed by atoms with E-state index in [0.29, 0.717) is 79.2 Å². The van der Waals surface area contributed by atoms with E-state index in [1.54, 1.807) is 0 Å². The molecule has 0 radical (unpaired) electrons. The van der Waals surface area contributed by atoms with Crippen molar-refractivity contribution in [3.05, 3.63) is 0 Å². The van der Waals surface area contributed by atoms with Crippen molar-refractivity contribution in [3.63, 3.8) is 0 Å². The maximum Gasteiger partial charge on any atom is 0.407 e. The summed E-state index contributed by atoms with van der Waals surface area (Å²) < 4.78 is 37.3. The molecule has 0 fully saturated rings. The number of ether oxygens (including phenoxy) is 7. The molecule has 0 aromatic rings. The molecule has 1 N–H and O–H groups in total. The highest BCUT2D eigenvalue weighted by molar-refractivity contribution is 5.67. The number of nitrogens with one attached hydrogen (secondary N) is 1. The van der Waals surface area contributed by atoms with Gasteiger partial charge < -0.3 is 38.5 Å². The van der Waals surface area contributed by atoms with E-state index in [9.17, 15) is 4.79 Å². The Morgan fingerprint density at radius 2 is 0.966 bits per heavy atom. The third-order valence-electron chi connectivity index (χ3n) is 3.12. The standard InChI is InChI=1S/C20H41NO8/c1-5-7-23-9-11-25-13-15-27-17-18-28-16-14-26-12-10-24-8-6-21-19(22)29-20(2,3)4/h5-18H2,1-4H3,(H,21,22). The van der Waals surface area contributed by atoms with Gasteiger partial charge >= 0.3 is 6.09 Å². The van der Waals surface area contributed by atoms with Gasteiger partial charge in [0.2, 0.25) is 0 Å². The van der Waals surface area contributed by atoms with E-state index in [-0.39, 0.29) is 0 Å². The fourth-order valence-corrected chi connectivity index (χ4v) is 1.89. The van der Waals surface area contributed by atoms with Crippen molar-refractivity contribution in [3.8, 4) is 0 Å². The lowest BCUT2D eigenvalue weighted by Gasteiger charge is -2.19. The lowest BCUT2D eigenvalue weighted by molar-refractivity contribution is -0.0166. The van der Waals surface area contributed by atoms with Gasteiger partial charge in [-0.15, -0.1) is 0 Å². The maximum absolute atomic E-state index is 11.4. The van der Waals surface area contributed by atoms with Gasteiger partial charge in [0.15, 0.2) is 0 Å². The molecule has 174 valence electrons. The van der Waals surface area contributed by atoms with E-state index in [1.807, 2.05) is 20.8 Å². The quantitative estimate of drug-likeness (QED) is 0.297. The number of rotatable bonds is 20. The van der Waals surface area contributed by atoms with Crippen LogP contribution in [0.3, 0.4) is 0 Å². The molecule has 0 aliphatic rings. The van der Waals surface area contributed by atoms with Crippen molar-refractivity contribution >= 4 is 6.09 Å². The molecule has 0 unspecified atom stereocenters. The fourth-order valence-electron chi connectivity index (χ4n) is 1.89. The van der Waals surface area contributed by atoms with E-state index in [4.69, 9.17) is 33.2 Å². The lowest BCUT2D eigenvalue weighted by atomic mass is 10.2. The average Bonchev–Trinajstić information content (AvgIpc) is 2.65. The van der Waals surface area contributed by atoms with Crippen LogP contribution in [0.15, 0.2) is 0 Å². The Labute approximate surface area is 175 Å². The largest absolute Gasteiger partial charge is 0.444 e. The number of amides is 1. The smallest absolute Gasteiger partial charge is 0.407 e.